The van der Waals surface area contributed by atoms with E-state index in [1.807, 2.05) is 24.7 Å². The molecule has 1 aliphatic rings. The molecule has 1 aliphatic heterocycles. The Balaban J connectivity index is 2.29. The van der Waals surface area contributed by atoms with Gasteiger partial charge in [-0.05, 0) is 6.92 Å². The summed E-state index contributed by atoms with van der Waals surface area (Å²) in [6.07, 6.45) is 3.25. The summed E-state index contributed by atoms with van der Waals surface area (Å²) >= 11 is 0. The first-order valence-electron chi connectivity index (χ1n) is 3.72. The first-order valence-corrected chi connectivity index (χ1v) is 3.72. The van der Waals surface area contributed by atoms with Gasteiger partial charge in [0.25, 0.3) is 0 Å². The van der Waals surface area contributed by atoms with Crippen LogP contribution >= 0.6 is 0 Å². The van der Waals surface area contributed by atoms with Gasteiger partial charge in [0.2, 0.25) is 0 Å². The van der Waals surface area contributed by atoms with Crippen LogP contribution in [0.1, 0.15) is 12.6 Å². The van der Waals surface area contributed by atoms with Gasteiger partial charge in [-0.15, -0.1) is 0 Å². The van der Waals surface area contributed by atoms with E-state index in [-0.39, 0.29) is 6.10 Å². The second-order valence-corrected chi connectivity index (χ2v) is 3.16. The fourth-order valence-electron chi connectivity index (χ4n) is 1.22. The zero-order valence-electron chi connectivity index (χ0n) is 6.98. The molecule has 0 bridgehead atoms. The van der Waals surface area contributed by atoms with Crippen LogP contribution in [0.4, 0.5) is 0 Å². The van der Waals surface area contributed by atoms with Gasteiger partial charge in [-0.2, -0.15) is 5.26 Å². The molecule has 62 valence electrons. The predicted octanol–water partition coefficient (Wildman–Crippen LogP) is 0.558. The van der Waals surface area contributed by atoms with Crippen molar-refractivity contribution in [3.8, 4) is 6.07 Å². The van der Waals surface area contributed by atoms with E-state index in [0.717, 1.165) is 5.69 Å². The van der Waals surface area contributed by atoms with Gasteiger partial charge in [0, 0.05) is 13.2 Å². The van der Waals surface area contributed by atoms with Crippen molar-refractivity contribution in [3.05, 3.63) is 18.2 Å². The highest BCUT2D eigenvalue weighted by Crippen LogP contribution is 2.44. The maximum Gasteiger partial charge on any atom is 0.179 e. The molecule has 1 fully saturated rings. The van der Waals surface area contributed by atoms with Gasteiger partial charge in [-0.1, -0.05) is 0 Å². The van der Waals surface area contributed by atoms with Crippen LogP contribution in [0.3, 0.4) is 0 Å². The van der Waals surface area contributed by atoms with Crippen molar-refractivity contribution in [1.29, 1.82) is 5.26 Å². The van der Waals surface area contributed by atoms with Crippen molar-refractivity contribution in [3.63, 3.8) is 0 Å². The second-order valence-electron chi connectivity index (χ2n) is 3.16. The van der Waals surface area contributed by atoms with Gasteiger partial charge in [0.05, 0.1) is 18.1 Å². The van der Waals surface area contributed by atoms with E-state index in [1.54, 1.807) is 6.33 Å². The van der Waals surface area contributed by atoms with Gasteiger partial charge < -0.3 is 9.30 Å². The molecule has 1 aromatic heterocycles. The molecule has 2 heterocycles. The predicted molar refractivity (Wildman–Crippen MR) is 41.0 cm³/mol. The lowest BCUT2D eigenvalue weighted by molar-refractivity contribution is 0.317. The number of aryl methyl sites for hydroxylation is 1. The highest BCUT2D eigenvalue weighted by Gasteiger charge is 2.56. The summed E-state index contributed by atoms with van der Waals surface area (Å²) in [6, 6.07) is 2.07. The molecule has 0 aromatic carbocycles. The van der Waals surface area contributed by atoms with Crippen molar-refractivity contribution < 1.29 is 4.74 Å². The van der Waals surface area contributed by atoms with Crippen molar-refractivity contribution in [1.82, 2.24) is 9.55 Å². The van der Waals surface area contributed by atoms with Gasteiger partial charge in [0.15, 0.2) is 6.10 Å². The van der Waals surface area contributed by atoms with Gasteiger partial charge >= 0.3 is 0 Å². The monoisotopic (exact) mass is 163 g/mol. The third-order valence-corrected chi connectivity index (χ3v) is 2.14. The molecule has 0 amide bonds. The Hall–Kier alpha value is -1.34. The first-order chi connectivity index (χ1) is 5.66. The molecule has 2 atom stereocenters. The molecule has 4 nitrogen and oxygen atoms in total. The highest BCUT2D eigenvalue weighted by molar-refractivity contribution is 5.24. The number of epoxide rings is 1. The maximum atomic E-state index is 8.60. The molecule has 0 radical (unpaired) electrons. The fourth-order valence-corrected chi connectivity index (χ4v) is 1.22. The van der Waals surface area contributed by atoms with Gasteiger partial charge in [-0.25, -0.2) is 4.98 Å². The van der Waals surface area contributed by atoms with Crippen molar-refractivity contribution in [2.75, 3.05) is 0 Å². The number of nitrogens with zero attached hydrogens (tertiary/aromatic N) is 3. The van der Waals surface area contributed by atoms with Crippen LogP contribution in [0.25, 0.3) is 0 Å². The molecule has 0 spiro atoms. The molecule has 2 unspecified atom stereocenters. The minimum atomic E-state index is -0.462. The van der Waals surface area contributed by atoms with Crippen LogP contribution < -0.4 is 0 Å². The standard InChI is InChI=1S/C8H9N3O/c1-8(7(3-9)12-8)6-4-11(2)5-10-6/h4-5,7H,1-2H3. The van der Waals surface area contributed by atoms with E-state index >= 15 is 0 Å². The Morgan fingerprint density at radius 1 is 1.83 bits per heavy atom. The number of hydrogen-bond acceptors (Lipinski definition) is 3. The van der Waals surface area contributed by atoms with Crippen LogP contribution in [0.15, 0.2) is 12.5 Å². The van der Waals surface area contributed by atoms with Crippen LogP contribution in [-0.2, 0) is 17.4 Å². The zero-order valence-corrected chi connectivity index (χ0v) is 6.98. The summed E-state index contributed by atoms with van der Waals surface area (Å²) in [5, 5.41) is 8.60. The Labute approximate surface area is 70.4 Å². The molecular formula is C8H9N3O. The molecule has 2 rings (SSSR count). The topological polar surface area (TPSA) is 54.1 Å². The summed E-state index contributed by atoms with van der Waals surface area (Å²) in [5.74, 6) is 0. The lowest BCUT2D eigenvalue weighted by Crippen LogP contribution is -2.06. The first kappa shape index (κ1) is 7.32. The van der Waals surface area contributed by atoms with Crippen LogP contribution in [0.2, 0.25) is 0 Å². The van der Waals surface area contributed by atoms with E-state index in [4.69, 9.17) is 10.00 Å². The smallest absolute Gasteiger partial charge is 0.179 e. The number of ether oxygens (including phenoxy) is 1. The van der Waals surface area contributed by atoms with Crippen molar-refractivity contribution in [2.24, 2.45) is 7.05 Å². The minimum Gasteiger partial charge on any atom is -0.343 e. The Morgan fingerprint density at radius 3 is 3.00 bits per heavy atom. The lowest BCUT2D eigenvalue weighted by atomic mass is 10.1. The third-order valence-electron chi connectivity index (χ3n) is 2.14. The van der Waals surface area contributed by atoms with Gasteiger partial charge in [-0.3, -0.25) is 0 Å². The van der Waals surface area contributed by atoms with E-state index in [9.17, 15) is 0 Å². The van der Waals surface area contributed by atoms with Crippen molar-refractivity contribution >= 4 is 0 Å². The van der Waals surface area contributed by atoms with E-state index in [2.05, 4.69) is 11.1 Å². The maximum absolute atomic E-state index is 8.60. The van der Waals surface area contributed by atoms with E-state index in [0.29, 0.717) is 0 Å². The zero-order chi connectivity index (χ0) is 8.77. The van der Waals surface area contributed by atoms with Crippen molar-refractivity contribution in [2.45, 2.75) is 18.6 Å². The average Bonchev–Trinajstić information content (AvgIpc) is 2.50. The normalized spacial score (nSPS) is 32.9. The van der Waals surface area contributed by atoms with Crippen LogP contribution in [0, 0.1) is 11.3 Å². The summed E-state index contributed by atoms with van der Waals surface area (Å²) in [5.41, 5.74) is 0.368. The van der Waals surface area contributed by atoms with Crippen LogP contribution in [-0.4, -0.2) is 15.7 Å². The molecule has 1 saturated heterocycles. The largest absolute Gasteiger partial charge is 0.343 e. The molecule has 0 N–H and O–H groups in total. The number of aromatic nitrogens is 2. The third kappa shape index (κ3) is 0.836. The number of rotatable bonds is 1. The van der Waals surface area contributed by atoms with Gasteiger partial charge in [0.1, 0.15) is 5.60 Å². The summed E-state index contributed by atoms with van der Waals surface area (Å²) in [6.45, 7) is 1.88. The summed E-state index contributed by atoms with van der Waals surface area (Å²) < 4.78 is 7.06. The molecule has 1 aromatic rings. The minimum absolute atomic E-state index is 0.326. The number of imidazole rings is 1. The molecule has 0 aliphatic carbocycles. The quantitative estimate of drug-likeness (QED) is 0.568. The summed E-state index contributed by atoms with van der Waals surface area (Å²) in [4.78, 5) is 4.13. The number of hydrogen-bond donors (Lipinski definition) is 0. The fraction of sp³-hybridized carbons (Fsp3) is 0.500. The molecule has 12 heavy (non-hydrogen) atoms. The second kappa shape index (κ2) is 2.08. The van der Waals surface area contributed by atoms with E-state index < -0.39 is 5.60 Å². The summed E-state index contributed by atoms with van der Waals surface area (Å²) in [7, 11) is 1.89. The number of nitriles is 1. The Bertz CT molecular complexity index is 351. The average molecular weight is 163 g/mol. The molecule has 4 heteroatoms. The Kier molecular flexibility index (Phi) is 1.27. The Morgan fingerprint density at radius 2 is 2.58 bits per heavy atom. The van der Waals surface area contributed by atoms with Crippen LogP contribution in [0.5, 0.6) is 0 Å². The lowest BCUT2D eigenvalue weighted by Gasteiger charge is -1.96. The highest BCUT2D eigenvalue weighted by atomic mass is 16.6. The molecular weight excluding hydrogens is 154 g/mol. The molecule has 0 saturated carbocycles. The van der Waals surface area contributed by atoms with E-state index in [1.165, 1.54) is 0 Å². The SMILES string of the molecule is Cn1cnc(C2(C)OC2C#N)c1.